The Hall–Kier alpha value is -0.830. The maximum absolute atomic E-state index is 9.21. The molecule has 0 atom stereocenters. The first-order valence-corrected chi connectivity index (χ1v) is 5.27. The lowest BCUT2D eigenvalue weighted by Crippen LogP contribution is -1.88. The van der Waals surface area contributed by atoms with Gasteiger partial charge in [-0.25, -0.2) is 0 Å². The Labute approximate surface area is 82.6 Å². The second-order valence-corrected chi connectivity index (χ2v) is 4.75. The van der Waals surface area contributed by atoms with Crippen LogP contribution in [0, 0.1) is 0 Å². The fourth-order valence-electron chi connectivity index (χ4n) is 0.922. The average molecular weight is 198 g/mol. The largest absolute Gasteiger partial charge is 0.504 e. The van der Waals surface area contributed by atoms with Gasteiger partial charge in [-0.3, -0.25) is 0 Å². The molecule has 0 fully saturated rings. The van der Waals surface area contributed by atoms with Crippen molar-refractivity contribution in [1.29, 1.82) is 0 Å². The molecule has 13 heavy (non-hydrogen) atoms. The van der Waals surface area contributed by atoms with E-state index in [4.69, 9.17) is 5.11 Å². The zero-order chi connectivity index (χ0) is 9.84. The molecule has 0 bridgehead atoms. The zero-order valence-electron chi connectivity index (χ0n) is 7.82. The zero-order valence-corrected chi connectivity index (χ0v) is 8.64. The normalized spacial score (nSPS) is 10.7. The van der Waals surface area contributed by atoms with Gasteiger partial charge in [0.2, 0.25) is 0 Å². The summed E-state index contributed by atoms with van der Waals surface area (Å²) >= 11 is 1.81. The van der Waals surface area contributed by atoms with Gasteiger partial charge in [0.1, 0.15) is 0 Å². The van der Waals surface area contributed by atoms with Crippen LogP contribution in [-0.2, 0) is 5.75 Å². The van der Waals surface area contributed by atoms with Gasteiger partial charge in [-0.15, -0.1) is 0 Å². The van der Waals surface area contributed by atoms with Crippen molar-refractivity contribution in [3.05, 3.63) is 23.8 Å². The molecule has 0 saturated heterocycles. The highest BCUT2D eigenvalue weighted by Crippen LogP contribution is 2.27. The fraction of sp³-hybridized carbons (Fsp3) is 0.400. The lowest BCUT2D eigenvalue weighted by Gasteiger charge is -2.05. The highest BCUT2D eigenvalue weighted by molar-refractivity contribution is 7.99. The number of benzene rings is 1. The van der Waals surface area contributed by atoms with Crippen LogP contribution >= 0.6 is 11.8 Å². The fourth-order valence-corrected chi connectivity index (χ4v) is 1.63. The molecule has 0 radical (unpaired) electrons. The van der Waals surface area contributed by atoms with E-state index in [2.05, 4.69) is 13.8 Å². The maximum Gasteiger partial charge on any atom is 0.157 e. The number of hydrogen-bond acceptors (Lipinski definition) is 3. The molecular formula is C10H14O2S. The smallest absolute Gasteiger partial charge is 0.157 e. The quantitative estimate of drug-likeness (QED) is 0.734. The van der Waals surface area contributed by atoms with Crippen molar-refractivity contribution < 1.29 is 10.2 Å². The van der Waals surface area contributed by atoms with Gasteiger partial charge < -0.3 is 10.2 Å². The predicted octanol–water partition coefficient (Wildman–Crippen LogP) is 2.74. The van der Waals surface area contributed by atoms with Crippen molar-refractivity contribution in [3.63, 3.8) is 0 Å². The third-order valence-corrected chi connectivity index (χ3v) is 2.79. The van der Waals surface area contributed by atoms with Gasteiger partial charge in [0.15, 0.2) is 11.5 Å². The van der Waals surface area contributed by atoms with Crippen molar-refractivity contribution in [2.24, 2.45) is 0 Å². The van der Waals surface area contributed by atoms with Crippen LogP contribution in [0.2, 0.25) is 0 Å². The van der Waals surface area contributed by atoms with Crippen LogP contribution in [0.5, 0.6) is 11.5 Å². The van der Waals surface area contributed by atoms with E-state index in [0.717, 1.165) is 11.3 Å². The SMILES string of the molecule is CC(C)SCc1ccc(O)c(O)c1. The van der Waals surface area contributed by atoms with Gasteiger partial charge >= 0.3 is 0 Å². The first-order chi connectivity index (χ1) is 6.09. The number of phenols is 2. The second-order valence-electron chi connectivity index (χ2n) is 3.18. The standard InChI is InChI=1S/C10H14O2S/c1-7(2)13-6-8-3-4-9(11)10(12)5-8/h3-5,7,11-12H,6H2,1-2H3. The Morgan fingerprint density at radius 2 is 1.92 bits per heavy atom. The van der Waals surface area contributed by atoms with Crippen LogP contribution in [0.3, 0.4) is 0 Å². The summed E-state index contributed by atoms with van der Waals surface area (Å²) in [4.78, 5) is 0. The molecule has 72 valence electrons. The molecular weight excluding hydrogens is 184 g/mol. The summed E-state index contributed by atoms with van der Waals surface area (Å²) in [7, 11) is 0. The number of thioether (sulfide) groups is 1. The van der Waals surface area contributed by atoms with E-state index in [9.17, 15) is 5.11 Å². The molecule has 0 aliphatic rings. The molecule has 3 heteroatoms. The van der Waals surface area contributed by atoms with Crippen molar-refractivity contribution in [2.45, 2.75) is 24.9 Å². The summed E-state index contributed by atoms with van der Waals surface area (Å²) in [5.41, 5.74) is 1.04. The van der Waals surface area contributed by atoms with E-state index in [0.29, 0.717) is 5.25 Å². The van der Waals surface area contributed by atoms with E-state index >= 15 is 0 Å². The van der Waals surface area contributed by atoms with E-state index in [1.165, 1.54) is 6.07 Å². The van der Waals surface area contributed by atoms with Gasteiger partial charge in [-0.1, -0.05) is 19.9 Å². The van der Waals surface area contributed by atoms with Gasteiger partial charge in [0.05, 0.1) is 0 Å². The highest BCUT2D eigenvalue weighted by atomic mass is 32.2. The van der Waals surface area contributed by atoms with Crippen LogP contribution in [0.1, 0.15) is 19.4 Å². The number of phenolic OH excluding ortho intramolecular Hbond substituents is 2. The summed E-state index contributed by atoms with van der Waals surface area (Å²) < 4.78 is 0. The minimum atomic E-state index is -0.0571. The number of rotatable bonds is 3. The lowest BCUT2D eigenvalue weighted by molar-refractivity contribution is 0.403. The van der Waals surface area contributed by atoms with Crippen molar-refractivity contribution >= 4 is 11.8 Å². The monoisotopic (exact) mass is 198 g/mol. The number of hydrogen-bond donors (Lipinski definition) is 2. The van der Waals surface area contributed by atoms with Crippen LogP contribution in [-0.4, -0.2) is 15.5 Å². The topological polar surface area (TPSA) is 40.5 Å². The first-order valence-electron chi connectivity index (χ1n) is 4.22. The molecule has 0 amide bonds. The molecule has 2 nitrogen and oxygen atoms in total. The van der Waals surface area contributed by atoms with Gasteiger partial charge in [-0.05, 0) is 22.9 Å². The minimum absolute atomic E-state index is 0.0399. The molecule has 0 spiro atoms. The molecule has 1 rings (SSSR count). The minimum Gasteiger partial charge on any atom is -0.504 e. The van der Waals surface area contributed by atoms with Crippen LogP contribution in [0.15, 0.2) is 18.2 Å². The first kappa shape index (κ1) is 10.3. The summed E-state index contributed by atoms with van der Waals surface area (Å²) in [5, 5.41) is 18.8. The third-order valence-electron chi connectivity index (χ3n) is 1.62. The molecule has 2 N–H and O–H groups in total. The Morgan fingerprint density at radius 1 is 1.23 bits per heavy atom. The van der Waals surface area contributed by atoms with Crippen molar-refractivity contribution in [1.82, 2.24) is 0 Å². The van der Waals surface area contributed by atoms with Crippen LogP contribution < -0.4 is 0 Å². The van der Waals surface area contributed by atoms with Gasteiger partial charge in [0, 0.05) is 5.75 Å². The lowest BCUT2D eigenvalue weighted by atomic mass is 10.2. The predicted molar refractivity (Wildman–Crippen MR) is 56.2 cm³/mol. The second kappa shape index (κ2) is 4.42. The molecule has 0 aromatic heterocycles. The summed E-state index contributed by atoms with van der Waals surface area (Å²) in [6, 6.07) is 4.95. The summed E-state index contributed by atoms with van der Waals surface area (Å²) in [6.45, 7) is 4.26. The Bertz CT molecular complexity index is 284. The van der Waals surface area contributed by atoms with Crippen LogP contribution in [0.4, 0.5) is 0 Å². The van der Waals surface area contributed by atoms with Crippen LogP contribution in [0.25, 0.3) is 0 Å². The van der Waals surface area contributed by atoms with E-state index in [-0.39, 0.29) is 11.5 Å². The van der Waals surface area contributed by atoms with Gasteiger partial charge in [0.25, 0.3) is 0 Å². The van der Waals surface area contributed by atoms with Crippen molar-refractivity contribution in [3.8, 4) is 11.5 Å². The average Bonchev–Trinajstić information content (AvgIpc) is 2.07. The molecule has 0 aliphatic heterocycles. The van der Waals surface area contributed by atoms with E-state index in [1.807, 2.05) is 6.07 Å². The molecule has 0 aliphatic carbocycles. The number of aromatic hydroxyl groups is 2. The van der Waals surface area contributed by atoms with E-state index < -0.39 is 0 Å². The third kappa shape index (κ3) is 3.19. The molecule has 0 saturated carbocycles. The molecule has 1 aromatic carbocycles. The maximum atomic E-state index is 9.21. The Morgan fingerprint density at radius 3 is 2.46 bits per heavy atom. The Balaban J connectivity index is 2.63. The van der Waals surface area contributed by atoms with Gasteiger partial charge in [-0.2, -0.15) is 11.8 Å². The molecule has 0 heterocycles. The highest BCUT2D eigenvalue weighted by Gasteiger charge is 2.01. The van der Waals surface area contributed by atoms with Crippen molar-refractivity contribution in [2.75, 3.05) is 0 Å². The molecule has 1 aromatic rings. The summed E-state index contributed by atoms with van der Waals surface area (Å²) in [5.74, 6) is 0.769. The summed E-state index contributed by atoms with van der Waals surface area (Å²) in [6.07, 6.45) is 0. The van der Waals surface area contributed by atoms with E-state index in [1.54, 1.807) is 17.8 Å². The molecule has 0 unspecified atom stereocenters. The Kier molecular flexibility index (Phi) is 3.48.